The Morgan fingerprint density at radius 1 is 1.19 bits per heavy atom. The van der Waals surface area contributed by atoms with Gasteiger partial charge in [0.15, 0.2) is 0 Å². The lowest BCUT2D eigenvalue weighted by molar-refractivity contribution is 0.311. The molecule has 1 aromatic carbocycles. The summed E-state index contributed by atoms with van der Waals surface area (Å²) in [5, 5.41) is 0. The van der Waals surface area contributed by atoms with Gasteiger partial charge in [0, 0.05) is 30.7 Å². The molecule has 0 unspecified atom stereocenters. The van der Waals surface area contributed by atoms with Crippen molar-refractivity contribution < 1.29 is 4.39 Å². The van der Waals surface area contributed by atoms with Gasteiger partial charge in [-0.2, -0.15) is 0 Å². The average molecular weight is 287 g/mol. The number of aryl methyl sites for hydroxylation is 1. The molecule has 4 heteroatoms. The Morgan fingerprint density at radius 2 is 1.81 bits per heavy atom. The first-order valence-corrected chi connectivity index (χ1v) is 6.26. The number of rotatable bonds is 1. The lowest BCUT2D eigenvalue weighted by atomic mass is 10.1. The molecule has 0 bridgehead atoms. The number of nitrogens with zero attached hydrogens (tertiary/aromatic N) is 2. The van der Waals surface area contributed by atoms with E-state index in [9.17, 15) is 4.39 Å². The smallest absolute Gasteiger partial charge is 0.147 e. The van der Waals surface area contributed by atoms with Gasteiger partial charge < -0.3 is 9.80 Å². The second kappa shape index (κ2) is 4.72. The summed E-state index contributed by atoms with van der Waals surface area (Å²) in [4.78, 5) is 4.40. The van der Waals surface area contributed by atoms with Crippen molar-refractivity contribution in [1.82, 2.24) is 4.90 Å². The summed E-state index contributed by atoms with van der Waals surface area (Å²) in [6.07, 6.45) is 0. The van der Waals surface area contributed by atoms with Crippen LogP contribution in [0.1, 0.15) is 5.56 Å². The maximum absolute atomic E-state index is 13.9. The van der Waals surface area contributed by atoms with E-state index < -0.39 is 0 Å². The summed E-state index contributed by atoms with van der Waals surface area (Å²) < 4.78 is 14.7. The fourth-order valence-electron chi connectivity index (χ4n) is 2.13. The van der Waals surface area contributed by atoms with Crippen molar-refractivity contribution in [1.29, 1.82) is 0 Å². The molecule has 0 aromatic heterocycles. The molecule has 0 radical (unpaired) electrons. The van der Waals surface area contributed by atoms with Gasteiger partial charge in [0.25, 0.3) is 0 Å². The first-order chi connectivity index (χ1) is 7.58. The van der Waals surface area contributed by atoms with E-state index in [4.69, 9.17) is 0 Å². The van der Waals surface area contributed by atoms with Crippen molar-refractivity contribution >= 4 is 21.6 Å². The first kappa shape index (κ1) is 11.9. The van der Waals surface area contributed by atoms with Crippen LogP contribution < -0.4 is 4.90 Å². The molecule has 1 aromatic rings. The zero-order valence-electron chi connectivity index (χ0n) is 9.63. The van der Waals surface area contributed by atoms with Crippen LogP contribution in [-0.4, -0.2) is 38.1 Å². The van der Waals surface area contributed by atoms with Crippen LogP contribution in [0.5, 0.6) is 0 Å². The molecule has 16 heavy (non-hydrogen) atoms. The fourth-order valence-corrected chi connectivity index (χ4v) is 2.67. The molecule has 0 atom stereocenters. The quantitative estimate of drug-likeness (QED) is 0.783. The highest BCUT2D eigenvalue weighted by Crippen LogP contribution is 2.28. The monoisotopic (exact) mass is 286 g/mol. The third-order valence-electron chi connectivity index (χ3n) is 3.04. The number of hydrogen-bond acceptors (Lipinski definition) is 2. The Labute approximate surface area is 104 Å². The molecule has 1 fully saturated rings. The third kappa shape index (κ3) is 2.38. The number of anilines is 1. The highest BCUT2D eigenvalue weighted by molar-refractivity contribution is 9.10. The van der Waals surface area contributed by atoms with Gasteiger partial charge in [0.2, 0.25) is 0 Å². The van der Waals surface area contributed by atoms with Gasteiger partial charge in [-0.1, -0.05) is 15.9 Å². The standard InChI is InChI=1S/C12H16BrFN2/c1-9-7-10(13)8-11(14)12(9)16-5-3-15(2)4-6-16/h7-8H,3-6H2,1-2H3. The van der Waals surface area contributed by atoms with E-state index in [-0.39, 0.29) is 5.82 Å². The predicted octanol–water partition coefficient (Wildman–Crippen LogP) is 2.65. The molecule has 88 valence electrons. The van der Waals surface area contributed by atoms with Crippen LogP contribution in [0.3, 0.4) is 0 Å². The van der Waals surface area contributed by atoms with E-state index in [2.05, 4.69) is 32.8 Å². The Balaban J connectivity index is 2.26. The van der Waals surface area contributed by atoms with Crippen molar-refractivity contribution in [3.63, 3.8) is 0 Å². The lowest BCUT2D eigenvalue weighted by Crippen LogP contribution is -2.45. The second-order valence-electron chi connectivity index (χ2n) is 4.34. The van der Waals surface area contributed by atoms with E-state index in [0.29, 0.717) is 0 Å². The molecule has 1 aliphatic rings. The molecule has 0 aliphatic carbocycles. The van der Waals surface area contributed by atoms with Gasteiger partial charge in [-0.25, -0.2) is 4.39 Å². The van der Waals surface area contributed by atoms with Crippen LogP contribution >= 0.6 is 15.9 Å². The number of halogens is 2. The average Bonchev–Trinajstić information content (AvgIpc) is 2.19. The van der Waals surface area contributed by atoms with Crippen LogP contribution in [0, 0.1) is 12.7 Å². The molecule has 1 saturated heterocycles. The van der Waals surface area contributed by atoms with Crippen LogP contribution in [0.25, 0.3) is 0 Å². The molecular weight excluding hydrogens is 271 g/mol. The van der Waals surface area contributed by atoms with Gasteiger partial charge in [-0.05, 0) is 31.7 Å². The van der Waals surface area contributed by atoms with Crippen LogP contribution in [0.2, 0.25) is 0 Å². The summed E-state index contributed by atoms with van der Waals surface area (Å²) >= 11 is 3.31. The Bertz CT molecular complexity index is 364. The number of piperazine rings is 1. The summed E-state index contributed by atoms with van der Waals surface area (Å²) in [5.74, 6) is -0.128. The zero-order valence-corrected chi connectivity index (χ0v) is 11.2. The van der Waals surface area contributed by atoms with Crippen molar-refractivity contribution in [2.75, 3.05) is 38.1 Å². The Hall–Kier alpha value is -0.610. The number of hydrogen-bond donors (Lipinski definition) is 0. The molecule has 2 nitrogen and oxygen atoms in total. The van der Waals surface area contributed by atoms with Crippen molar-refractivity contribution in [2.45, 2.75) is 6.92 Å². The van der Waals surface area contributed by atoms with E-state index >= 15 is 0 Å². The van der Waals surface area contributed by atoms with E-state index in [1.807, 2.05) is 13.0 Å². The second-order valence-corrected chi connectivity index (χ2v) is 5.26. The van der Waals surface area contributed by atoms with E-state index in [1.165, 1.54) is 0 Å². The van der Waals surface area contributed by atoms with Crippen LogP contribution in [0.15, 0.2) is 16.6 Å². The van der Waals surface area contributed by atoms with E-state index in [0.717, 1.165) is 41.9 Å². The van der Waals surface area contributed by atoms with E-state index in [1.54, 1.807) is 6.07 Å². The minimum absolute atomic E-state index is 0.128. The Kier molecular flexibility index (Phi) is 3.50. The summed E-state index contributed by atoms with van der Waals surface area (Å²) in [6.45, 7) is 5.75. The van der Waals surface area contributed by atoms with Gasteiger partial charge in [0.05, 0.1) is 5.69 Å². The predicted molar refractivity (Wildman–Crippen MR) is 68.5 cm³/mol. The molecule has 2 rings (SSSR count). The zero-order chi connectivity index (χ0) is 11.7. The highest BCUT2D eigenvalue weighted by atomic mass is 79.9. The maximum Gasteiger partial charge on any atom is 0.147 e. The molecular formula is C12H16BrFN2. The Morgan fingerprint density at radius 3 is 2.38 bits per heavy atom. The molecule has 0 saturated carbocycles. The van der Waals surface area contributed by atoms with Gasteiger partial charge in [-0.15, -0.1) is 0 Å². The molecule has 0 spiro atoms. The van der Waals surface area contributed by atoms with Gasteiger partial charge in [-0.3, -0.25) is 0 Å². The van der Waals surface area contributed by atoms with Crippen molar-refractivity contribution in [3.05, 3.63) is 28.0 Å². The molecule has 1 aliphatic heterocycles. The largest absolute Gasteiger partial charge is 0.366 e. The SMILES string of the molecule is Cc1cc(Br)cc(F)c1N1CCN(C)CC1. The van der Waals surface area contributed by atoms with Crippen LogP contribution in [-0.2, 0) is 0 Å². The topological polar surface area (TPSA) is 6.48 Å². The summed E-state index contributed by atoms with van der Waals surface area (Å²) in [6, 6.07) is 3.51. The minimum atomic E-state index is -0.128. The molecule has 0 N–H and O–H groups in total. The number of likely N-dealkylation sites (N-methyl/N-ethyl adjacent to an activating group) is 1. The summed E-state index contributed by atoms with van der Waals surface area (Å²) in [7, 11) is 2.10. The maximum atomic E-state index is 13.9. The van der Waals surface area contributed by atoms with Crippen molar-refractivity contribution in [2.24, 2.45) is 0 Å². The third-order valence-corrected chi connectivity index (χ3v) is 3.50. The van der Waals surface area contributed by atoms with Gasteiger partial charge >= 0.3 is 0 Å². The normalized spacial score (nSPS) is 17.9. The number of benzene rings is 1. The first-order valence-electron chi connectivity index (χ1n) is 5.47. The van der Waals surface area contributed by atoms with Crippen molar-refractivity contribution in [3.8, 4) is 0 Å². The minimum Gasteiger partial charge on any atom is -0.366 e. The van der Waals surface area contributed by atoms with Crippen LogP contribution in [0.4, 0.5) is 10.1 Å². The molecule has 1 heterocycles. The summed E-state index contributed by atoms with van der Waals surface area (Å²) in [5.41, 5.74) is 1.76. The lowest BCUT2D eigenvalue weighted by Gasteiger charge is -2.35. The fraction of sp³-hybridized carbons (Fsp3) is 0.500. The molecule has 0 amide bonds. The highest BCUT2D eigenvalue weighted by Gasteiger charge is 2.19. The van der Waals surface area contributed by atoms with Gasteiger partial charge in [0.1, 0.15) is 5.82 Å².